The zero-order valence-corrected chi connectivity index (χ0v) is 19.0. The highest BCUT2D eigenvalue weighted by Crippen LogP contribution is 2.33. The number of hydrogen-bond acceptors (Lipinski definition) is 6. The van der Waals surface area contributed by atoms with Gasteiger partial charge in [-0.25, -0.2) is 0 Å². The quantitative estimate of drug-likeness (QED) is 0.417. The summed E-state index contributed by atoms with van der Waals surface area (Å²) in [4.78, 5) is 6.30. The van der Waals surface area contributed by atoms with Gasteiger partial charge < -0.3 is 9.64 Å². The molecule has 3 aromatic heterocycles. The van der Waals surface area contributed by atoms with Gasteiger partial charge in [-0.3, -0.25) is 20.5 Å². The minimum atomic E-state index is -0.835. The van der Waals surface area contributed by atoms with Crippen molar-refractivity contribution in [3.63, 3.8) is 0 Å². The molecule has 0 bridgehead atoms. The molecule has 3 N–H and O–H groups in total. The summed E-state index contributed by atoms with van der Waals surface area (Å²) < 4.78 is 8.02. The molecule has 10 heteroatoms. The maximum atomic E-state index is 6.23. The molecule has 1 aliphatic rings. The Kier molecular flexibility index (Phi) is 5.77. The predicted molar refractivity (Wildman–Crippen MR) is 125 cm³/mol. The van der Waals surface area contributed by atoms with Crippen molar-refractivity contribution in [2.45, 2.75) is 25.1 Å². The molecule has 0 saturated carbocycles. The van der Waals surface area contributed by atoms with Gasteiger partial charge in [-0.1, -0.05) is 23.2 Å². The van der Waals surface area contributed by atoms with Crippen LogP contribution >= 0.6 is 23.2 Å². The minimum absolute atomic E-state index is 0.358. The van der Waals surface area contributed by atoms with Gasteiger partial charge in [0.15, 0.2) is 6.23 Å². The number of nitrogens with two attached hydrogens (primary N) is 1. The monoisotopic (exact) mass is 471 g/mol. The number of halogens is 2. The summed E-state index contributed by atoms with van der Waals surface area (Å²) >= 11 is 12.4. The average molecular weight is 472 g/mol. The van der Waals surface area contributed by atoms with E-state index in [1.807, 2.05) is 24.4 Å². The number of hydrogen-bond donors (Lipinski definition) is 2. The van der Waals surface area contributed by atoms with Crippen molar-refractivity contribution in [1.29, 1.82) is 0 Å². The first-order valence-electron chi connectivity index (χ1n) is 10.4. The highest BCUT2D eigenvalue weighted by atomic mass is 35.5. The van der Waals surface area contributed by atoms with Crippen LogP contribution in [0.3, 0.4) is 0 Å². The number of likely N-dealkylation sites (tertiary alicyclic amines) is 1. The van der Waals surface area contributed by atoms with Gasteiger partial charge >= 0.3 is 0 Å². The molecule has 0 spiro atoms. The number of benzene rings is 1. The summed E-state index contributed by atoms with van der Waals surface area (Å²) in [5.74, 6) is 0.583. The van der Waals surface area contributed by atoms with Gasteiger partial charge in [-0.2, -0.15) is 10.2 Å². The molecule has 1 fully saturated rings. The van der Waals surface area contributed by atoms with Crippen LogP contribution in [0.2, 0.25) is 10.0 Å². The van der Waals surface area contributed by atoms with Crippen LogP contribution in [-0.4, -0.2) is 50.0 Å². The number of nitrogens with zero attached hydrogens (tertiary/aromatic N) is 5. The minimum Gasteiger partial charge on any atom is -0.471 e. The predicted octanol–water partition coefficient (Wildman–Crippen LogP) is 4.43. The molecule has 4 heterocycles. The van der Waals surface area contributed by atoms with E-state index in [0.717, 1.165) is 48.1 Å². The van der Waals surface area contributed by atoms with Gasteiger partial charge in [0.25, 0.3) is 0 Å². The molecule has 0 aliphatic carbocycles. The highest BCUT2D eigenvalue weighted by Gasteiger charge is 2.21. The standard InChI is InChI=1S/C22H23Cl2N7O/c1-30-6-4-14(5-7-30)31-12-13(9-27-31)21-16-8-15(2-3-19(16)28-29-21)32-22(25)20-17(23)10-26-11-18(20)24/h2-3,8-12,14,22H,4-7,25H2,1H3,(H,28,29)/t22-/m0/s1. The summed E-state index contributed by atoms with van der Waals surface area (Å²) in [6, 6.07) is 6.06. The largest absolute Gasteiger partial charge is 0.471 e. The smallest absolute Gasteiger partial charge is 0.177 e. The van der Waals surface area contributed by atoms with E-state index in [0.29, 0.717) is 27.4 Å². The molecule has 8 nitrogen and oxygen atoms in total. The molecule has 1 aromatic carbocycles. The molecule has 4 aromatic rings. The lowest BCUT2D eigenvalue weighted by molar-refractivity contribution is 0.212. The summed E-state index contributed by atoms with van der Waals surface area (Å²) in [6.07, 6.45) is 8.27. The Balaban J connectivity index is 1.41. The van der Waals surface area contributed by atoms with Crippen molar-refractivity contribution in [1.82, 2.24) is 29.9 Å². The number of aromatic amines is 1. The van der Waals surface area contributed by atoms with Crippen molar-refractivity contribution >= 4 is 34.1 Å². The molecule has 32 heavy (non-hydrogen) atoms. The first-order chi connectivity index (χ1) is 15.5. The Morgan fingerprint density at radius 2 is 1.91 bits per heavy atom. The number of nitrogens with one attached hydrogen (secondary N) is 1. The Morgan fingerprint density at radius 1 is 1.16 bits per heavy atom. The number of rotatable bonds is 5. The van der Waals surface area contributed by atoms with Gasteiger partial charge in [0.1, 0.15) is 11.4 Å². The second-order valence-electron chi connectivity index (χ2n) is 8.08. The third-order valence-electron chi connectivity index (χ3n) is 5.91. The molecule has 166 valence electrons. The zero-order valence-electron chi connectivity index (χ0n) is 17.5. The van der Waals surface area contributed by atoms with Gasteiger partial charge in [0.05, 0.1) is 27.8 Å². The van der Waals surface area contributed by atoms with Crippen molar-refractivity contribution in [3.8, 4) is 17.0 Å². The number of ether oxygens (including phenoxy) is 1. The molecule has 1 atom stereocenters. The molecule has 1 aliphatic heterocycles. The molecular weight excluding hydrogens is 449 g/mol. The fraction of sp³-hybridized carbons (Fsp3) is 0.318. The number of pyridine rings is 1. The van der Waals surface area contributed by atoms with E-state index in [4.69, 9.17) is 33.7 Å². The SMILES string of the molecule is CN1CCC(n2cc(-c3n[nH]c4ccc(O[C@H](N)c5c(Cl)cncc5Cl)cc34)cn2)CC1. The number of piperidine rings is 1. The van der Waals surface area contributed by atoms with Crippen LogP contribution in [0.1, 0.15) is 30.7 Å². The fourth-order valence-electron chi connectivity index (χ4n) is 4.10. The Bertz CT molecular complexity index is 1230. The van der Waals surface area contributed by atoms with Crippen molar-refractivity contribution < 1.29 is 4.74 Å². The molecule has 0 amide bonds. The maximum Gasteiger partial charge on any atom is 0.177 e. The van der Waals surface area contributed by atoms with E-state index < -0.39 is 6.23 Å². The van der Waals surface area contributed by atoms with Gasteiger partial charge in [0.2, 0.25) is 0 Å². The average Bonchev–Trinajstić information content (AvgIpc) is 3.41. The summed E-state index contributed by atoms with van der Waals surface area (Å²) in [7, 11) is 2.16. The number of aromatic nitrogens is 5. The van der Waals surface area contributed by atoms with E-state index in [2.05, 4.69) is 43.1 Å². The van der Waals surface area contributed by atoms with E-state index in [1.54, 1.807) is 0 Å². The molecular formula is C22H23Cl2N7O. The lowest BCUT2D eigenvalue weighted by Gasteiger charge is -2.28. The highest BCUT2D eigenvalue weighted by molar-refractivity contribution is 6.35. The first-order valence-corrected chi connectivity index (χ1v) is 11.2. The van der Waals surface area contributed by atoms with Crippen LogP contribution in [0.5, 0.6) is 5.75 Å². The molecule has 5 rings (SSSR count). The second kappa shape index (κ2) is 8.71. The normalized spacial score (nSPS) is 16.5. The summed E-state index contributed by atoms with van der Waals surface area (Å²) in [6.45, 7) is 2.16. The molecule has 0 radical (unpaired) electrons. The first kappa shape index (κ1) is 21.2. The van der Waals surface area contributed by atoms with Gasteiger partial charge in [-0.15, -0.1) is 0 Å². The second-order valence-corrected chi connectivity index (χ2v) is 8.89. The zero-order chi connectivity index (χ0) is 22.2. The number of fused-ring (bicyclic) bond motifs is 1. The summed E-state index contributed by atoms with van der Waals surface area (Å²) in [5.41, 5.74) is 9.40. The van der Waals surface area contributed by atoms with Crippen LogP contribution < -0.4 is 10.5 Å². The van der Waals surface area contributed by atoms with Crippen LogP contribution in [0, 0.1) is 0 Å². The van der Waals surface area contributed by atoms with Crippen LogP contribution in [0.25, 0.3) is 22.2 Å². The Morgan fingerprint density at radius 3 is 2.66 bits per heavy atom. The van der Waals surface area contributed by atoms with Crippen molar-refractivity contribution in [2.24, 2.45) is 5.73 Å². The fourth-order valence-corrected chi connectivity index (χ4v) is 4.68. The van der Waals surface area contributed by atoms with E-state index >= 15 is 0 Å². The third kappa shape index (κ3) is 4.06. The molecule has 1 saturated heterocycles. The van der Waals surface area contributed by atoms with Gasteiger partial charge in [-0.05, 0) is 51.2 Å². The van der Waals surface area contributed by atoms with E-state index in [9.17, 15) is 0 Å². The van der Waals surface area contributed by atoms with E-state index in [-0.39, 0.29) is 0 Å². The molecule has 0 unspecified atom stereocenters. The third-order valence-corrected chi connectivity index (χ3v) is 6.51. The number of H-pyrrole nitrogens is 1. The van der Waals surface area contributed by atoms with Crippen LogP contribution in [0.4, 0.5) is 0 Å². The Hall–Kier alpha value is -2.65. The Labute approximate surface area is 195 Å². The van der Waals surface area contributed by atoms with E-state index in [1.165, 1.54) is 12.4 Å². The van der Waals surface area contributed by atoms with Crippen LogP contribution in [-0.2, 0) is 0 Å². The van der Waals surface area contributed by atoms with Crippen LogP contribution in [0.15, 0.2) is 43.0 Å². The topological polar surface area (TPSA) is 97.9 Å². The lowest BCUT2D eigenvalue weighted by Crippen LogP contribution is -2.31. The van der Waals surface area contributed by atoms with Gasteiger partial charge in [0, 0.05) is 35.1 Å². The van der Waals surface area contributed by atoms with Crippen molar-refractivity contribution in [2.75, 3.05) is 20.1 Å². The summed E-state index contributed by atoms with van der Waals surface area (Å²) in [5, 5.41) is 13.9. The maximum absolute atomic E-state index is 6.23. The van der Waals surface area contributed by atoms with Crippen molar-refractivity contribution in [3.05, 3.63) is 58.6 Å². The lowest BCUT2D eigenvalue weighted by atomic mass is 10.1.